The van der Waals surface area contributed by atoms with Crippen LogP contribution in [-0.4, -0.2) is 23.5 Å². The number of carbonyl (C=O) groups is 2. The van der Waals surface area contributed by atoms with Crippen LogP contribution < -0.4 is 5.32 Å². The van der Waals surface area contributed by atoms with Crippen LogP contribution in [-0.2, 0) is 14.3 Å². The second-order valence-electron chi connectivity index (χ2n) is 5.14. The number of carbonyl (C=O) groups excluding carboxylic acids is 2. The second-order valence-corrected chi connectivity index (χ2v) is 5.14. The van der Waals surface area contributed by atoms with Gasteiger partial charge in [-0.05, 0) is 45.1 Å². The van der Waals surface area contributed by atoms with E-state index in [9.17, 15) is 9.59 Å². The van der Waals surface area contributed by atoms with E-state index in [1.807, 2.05) is 20.8 Å². The molecule has 0 bridgehead atoms. The summed E-state index contributed by atoms with van der Waals surface area (Å²) in [5.41, 5.74) is -0.395. The minimum atomic E-state index is -0.971. The van der Waals surface area contributed by atoms with E-state index in [1.54, 1.807) is 18.2 Å². The van der Waals surface area contributed by atoms with Crippen molar-refractivity contribution in [2.75, 3.05) is 0 Å². The number of nitrogens with one attached hydrogen (secondary N) is 1. The largest absolute Gasteiger partial charge is 0.465 e. The van der Waals surface area contributed by atoms with E-state index in [2.05, 4.69) is 5.32 Å². The van der Waals surface area contributed by atoms with E-state index in [0.29, 0.717) is 5.76 Å². The average Bonchev–Trinajstić information content (AvgIpc) is 2.73. The maximum atomic E-state index is 12.0. The highest BCUT2D eigenvalue weighted by Crippen LogP contribution is 2.07. The summed E-state index contributed by atoms with van der Waals surface area (Å²) < 4.78 is 10.1. The molecule has 0 radical (unpaired) electrons. The van der Waals surface area contributed by atoms with Gasteiger partial charge in [0.15, 0.2) is 6.10 Å². The molecule has 1 N–H and O–H groups in total. The van der Waals surface area contributed by atoms with Crippen LogP contribution in [0, 0.1) is 0 Å². The Morgan fingerprint density at radius 2 is 2.11 bits per heavy atom. The van der Waals surface area contributed by atoms with Crippen molar-refractivity contribution in [1.82, 2.24) is 5.32 Å². The summed E-state index contributed by atoms with van der Waals surface area (Å²) in [6.45, 7) is 6.82. The summed E-state index contributed by atoms with van der Waals surface area (Å²) in [5, 5.41) is 2.76. The van der Waals surface area contributed by atoms with E-state index in [1.165, 1.54) is 19.3 Å². The molecule has 0 fully saturated rings. The van der Waals surface area contributed by atoms with E-state index < -0.39 is 17.6 Å². The van der Waals surface area contributed by atoms with Crippen LogP contribution in [0.1, 0.15) is 33.5 Å². The minimum Gasteiger partial charge on any atom is -0.465 e. The molecule has 1 amide bonds. The first-order valence-electron chi connectivity index (χ1n) is 5.99. The van der Waals surface area contributed by atoms with Gasteiger partial charge in [0.05, 0.1) is 6.26 Å². The van der Waals surface area contributed by atoms with Gasteiger partial charge in [0, 0.05) is 12.5 Å². The summed E-state index contributed by atoms with van der Waals surface area (Å²) in [6.07, 6.45) is 3.63. The first kappa shape index (κ1) is 15.0. The molecule has 0 saturated heterocycles. The standard InChI is InChI=1S/C14H19NO4/c1-10(16)19-12(13(17)15-14(2,3)4)8-7-11-6-5-9-18-11/h5-9,12H,1-4H3,(H,15,17)/b8-7+. The van der Waals surface area contributed by atoms with Gasteiger partial charge in [0.25, 0.3) is 5.91 Å². The molecule has 0 spiro atoms. The molecule has 0 aliphatic rings. The molecule has 0 aliphatic heterocycles. The van der Waals surface area contributed by atoms with Crippen molar-refractivity contribution < 1.29 is 18.7 Å². The van der Waals surface area contributed by atoms with Gasteiger partial charge < -0.3 is 14.5 Å². The van der Waals surface area contributed by atoms with Crippen LogP contribution in [0.25, 0.3) is 6.08 Å². The van der Waals surface area contributed by atoms with Gasteiger partial charge in [0.1, 0.15) is 5.76 Å². The lowest BCUT2D eigenvalue weighted by Gasteiger charge is -2.23. The third kappa shape index (κ3) is 5.90. The van der Waals surface area contributed by atoms with Crippen LogP contribution in [0.15, 0.2) is 28.9 Å². The van der Waals surface area contributed by atoms with Crippen molar-refractivity contribution in [2.24, 2.45) is 0 Å². The average molecular weight is 265 g/mol. The predicted molar refractivity (Wildman–Crippen MR) is 71.2 cm³/mol. The summed E-state index contributed by atoms with van der Waals surface area (Å²) in [4.78, 5) is 23.0. The van der Waals surface area contributed by atoms with Crippen molar-refractivity contribution in [1.29, 1.82) is 0 Å². The fraction of sp³-hybridized carbons (Fsp3) is 0.429. The van der Waals surface area contributed by atoms with Gasteiger partial charge in [-0.2, -0.15) is 0 Å². The minimum absolute atomic E-state index is 0.370. The Bertz CT molecular complexity index is 454. The van der Waals surface area contributed by atoms with E-state index in [-0.39, 0.29) is 5.91 Å². The van der Waals surface area contributed by atoms with Gasteiger partial charge in [-0.1, -0.05) is 0 Å². The fourth-order valence-electron chi connectivity index (χ4n) is 1.37. The number of furan rings is 1. The van der Waals surface area contributed by atoms with Crippen LogP contribution in [0.3, 0.4) is 0 Å². The van der Waals surface area contributed by atoms with Gasteiger partial charge in [-0.15, -0.1) is 0 Å². The van der Waals surface area contributed by atoms with Crippen LogP contribution in [0.2, 0.25) is 0 Å². The Hall–Kier alpha value is -2.04. The number of esters is 1. The molecule has 1 aromatic heterocycles. The first-order valence-corrected chi connectivity index (χ1v) is 5.99. The van der Waals surface area contributed by atoms with Crippen molar-refractivity contribution in [2.45, 2.75) is 39.3 Å². The molecular formula is C14H19NO4. The number of ether oxygens (including phenoxy) is 1. The smallest absolute Gasteiger partial charge is 0.303 e. The lowest BCUT2D eigenvalue weighted by molar-refractivity contribution is -0.151. The van der Waals surface area contributed by atoms with Gasteiger partial charge in [-0.3, -0.25) is 9.59 Å². The zero-order chi connectivity index (χ0) is 14.5. The molecular weight excluding hydrogens is 246 g/mol. The number of hydrogen-bond donors (Lipinski definition) is 1. The molecule has 5 nitrogen and oxygen atoms in total. The number of hydrogen-bond acceptors (Lipinski definition) is 4. The molecule has 1 unspecified atom stereocenters. The van der Waals surface area contributed by atoms with Gasteiger partial charge in [0.2, 0.25) is 0 Å². The molecule has 19 heavy (non-hydrogen) atoms. The lowest BCUT2D eigenvalue weighted by Crippen LogP contribution is -2.46. The number of rotatable bonds is 4. The zero-order valence-corrected chi connectivity index (χ0v) is 11.6. The summed E-state index contributed by atoms with van der Waals surface area (Å²) in [6, 6.07) is 3.47. The molecule has 0 aromatic carbocycles. The first-order chi connectivity index (χ1) is 8.78. The Morgan fingerprint density at radius 3 is 2.58 bits per heavy atom. The summed E-state index contributed by atoms with van der Waals surface area (Å²) in [5.74, 6) is -0.302. The van der Waals surface area contributed by atoms with Gasteiger partial charge >= 0.3 is 5.97 Å². The second kappa shape index (κ2) is 6.22. The molecule has 1 heterocycles. The summed E-state index contributed by atoms with van der Waals surface area (Å²) >= 11 is 0. The predicted octanol–water partition coefficient (Wildman–Crippen LogP) is 2.14. The third-order valence-electron chi connectivity index (χ3n) is 2.03. The van der Waals surface area contributed by atoms with Crippen molar-refractivity contribution in [3.63, 3.8) is 0 Å². The Kier molecular flexibility index (Phi) is 4.92. The van der Waals surface area contributed by atoms with Crippen molar-refractivity contribution in [3.05, 3.63) is 30.2 Å². The van der Waals surface area contributed by atoms with E-state index >= 15 is 0 Å². The zero-order valence-electron chi connectivity index (χ0n) is 11.6. The summed E-state index contributed by atoms with van der Waals surface area (Å²) in [7, 11) is 0. The normalized spacial score (nSPS) is 13.3. The maximum Gasteiger partial charge on any atom is 0.303 e. The fourth-order valence-corrected chi connectivity index (χ4v) is 1.37. The van der Waals surface area contributed by atoms with E-state index in [0.717, 1.165) is 0 Å². The van der Waals surface area contributed by atoms with Crippen molar-refractivity contribution >= 4 is 18.0 Å². The Balaban J connectivity index is 2.77. The Labute approximate surface area is 112 Å². The molecule has 5 heteroatoms. The highest BCUT2D eigenvalue weighted by atomic mass is 16.5. The maximum absolute atomic E-state index is 12.0. The van der Waals surface area contributed by atoms with Crippen LogP contribution >= 0.6 is 0 Å². The molecule has 0 aliphatic carbocycles. The monoisotopic (exact) mass is 265 g/mol. The topological polar surface area (TPSA) is 68.5 Å². The molecule has 0 saturated carbocycles. The molecule has 1 aromatic rings. The third-order valence-corrected chi connectivity index (χ3v) is 2.03. The highest BCUT2D eigenvalue weighted by molar-refractivity contribution is 5.86. The van der Waals surface area contributed by atoms with Crippen LogP contribution in [0.5, 0.6) is 0 Å². The molecule has 104 valence electrons. The van der Waals surface area contributed by atoms with Crippen LogP contribution in [0.4, 0.5) is 0 Å². The van der Waals surface area contributed by atoms with E-state index in [4.69, 9.17) is 9.15 Å². The molecule has 1 rings (SSSR count). The van der Waals surface area contributed by atoms with Gasteiger partial charge in [-0.25, -0.2) is 0 Å². The number of amides is 1. The SMILES string of the molecule is CC(=O)OC(/C=C/c1ccco1)C(=O)NC(C)(C)C. The van der Waals surface area contributed by atoms with Crippen molar-refractivity contribution in [3.8, 4) is 0 Å². The quantitative estimate of drug-likeness (QED) is 0.847. The molecule has 1 atom stereocenters. The lowest BCUT2D eigenvalue weighted by atomic mass is 10.1. The highest BCUT2D eigenvalue weighted by Gasteiger charge is 2.23. The Morgan fingerprint density at radius 1 is 1.42 bits per heavy atom.